The molecule has 1 aliphatic carbocycles. The second-order valence-electron chi connectivity index (χ2n) is 8.94. The summed E-state index contributed by atoms with van der Waals surface area (Å²) in [7, 11) is 0. The SMILES string of the molecule is CC(C)CCC1(C(=O)Nc2ccccc2SC(=O)COc2ccc(Cl)cc2)CCCCC1. The quantitative estimate of drug-likeness (QED) is 0.386. The Morgan fingerprint density at radius 2 is 1.75 bits per heavy atom. The van der Waals surface area contributed by atoms with Crippen LogP contribution < -0.4 is 10.1 Å². The molecule has 4 nitrogen and oxygen atoms in total. The van der Waals surface area contributed by atoms with E-state index in [2.05, 4.69) is 19.2 Å². The molecule has 0 bridgehead atoms. The predicted octanol–water partition coefficient (Wildman–Crippen LogP) is 7.36. The Hall–Kier alpha value is -1.98. The summed E-state index contributed by atoms with van der Waals surface area (Å²) in [4.78, 5) is 26.7. The van der Waals surface area contributed by atoms with Crippen LogP contribution in [0.2, 0.25) is 5.02 Å². The summed E-state index contributed by atoms with van der Waals surface area (Å²) < 4.78 is 5.57. The number of thioether (sulfide) groups is 1. The monoisotopic (exact) mass is 473 g/mol. The molecule has 1 aliphatic rings. The van der Waals surface area contributed by atoms with Crippen LogP contribution in [-0.2, 0) is 9.59 Å². The van der Waals surface area contributed by atoms with Gasteiger partial charge < -0.3 is 10.1 Å². The normalized spacial score (nSPS) is 15.4. The molecular weight excluding hydrogens is 442 g/mol. The molecule has 0 spiro atoms. The smallest absolute Gasteiger partial charge is 0.231 e. The molecule has 0 unspecified atom stereocenters. The van der Waals surface area contributed by atoms with Gasteiger partial charge >= 0.3 is 0 Å². The van der Waals surface area contributed by atoms with Gasteiger partial charge in [0.05, 0.1) is 5.69 Å². The fourth-order valence-electron chi connectivity index (χ4n) is 4.12. The highest BCUT2D eigenvalue weighted by molar-refractivity contribution is 8.13. The van der Waals surface area contributed by atoms with Crippen molar-refractivity contribution in [1.82, 2.24) is 0 Å². The van der Waals surface area contributed by atoms with E-state index in [9.17, 15) is 9.59 Å². The van der Waals surface area contributed by atoms with Crippen LogP contribution in [0.25, 0.3) is 0 Å². The Morgan fingerprint density at radius 1 is 1.06 bits per heavy atom. The summed E-state index contributed by atoms with van der Waals surface area (Å²) in [6.45, 7) is 4.35. The van der Waals surface area contributed by atoms with Gasteiger partial charge in [0, 0.05) is 15.3 Å². The number of benzene rings is 2. The minimum atomic E-state index is -0.304. The van der Waals surface area contributed by atoms with Crippen LogP contribution in [0, 0.1) is 11.3 Å². The molecule has 0 aromatic heterocycles. The van der Waals surface area contributed by atoms with Crippen molar-refractivity contribution in [1.29, 1.82) is 0 Å². The lowest BCUT2D eigenvalue weighted by Crippen LogP contribution is -2.38. The number of halogens is 1. The third kappa shape index (κ3) is 7.01. The number of para-hydroxylation sites is 1. The Morgan fingerprint density at radius 3 is 2.44 bits per heavy atom. The summed E-state index contributed by atoms with van der Waals surface area (Å²) in [6.07, 6.45) is 7.24. The standard InChI is InChI=1S/C26H32ClNO3S/c1-19(2)14-17-26(15-6-3-7-16-26)25(30)28-22-8-4-5-9-23(22)32-24(29)18-31-21-12-10-20(27)11-13-21/h4-5,8-13,19H,3,6-7,14-18H2,1-2H3,(H,28,30). The van der Waals surface area contributed by atoms with E-state index in [0.29, 0.717) is 22.4 Å². The van der Waals surface area contributed by atoms with E-state index in [1.165, 1.54) is 6.42 Å². The van der Waals surface area contributed by atoms with Gasteiger partial charge in [-0.15, -0.1) is 0 Å². The average molecular weight is 474 g/mol. The Balaban J connectivity index is 1.65. The van der Waals surface area contributed by atoms with Crippen LogP contribution >= 0.6 is 23.4 Å². The van der Waals surface area contributed by atoms with Crippen molar-refractivity contribution < 1.29 is 14.3 Å². The first kappa shape index (κ1) is 24.7. The largest absolute Gasteiger partial charge is 0.485 e. The van der Waals surface area contributed by atoms with E-state index < -0.39 is 0 Å². The van der Waals surface area contributed by atoms with Crippen molar-refractivity contribution >= 4 is 40.1 Å². The Bertz CT molecular complexity index is 908. The van der Waals surface area contributed by atoms with Crippen molar-refractivity contribution in [3.05, 3.63) is 53.6 Å². The number of carbonyl (C=O) groups excluding carboxylic acids is 2. The second kappa shape index (κ2) is 11.8. The average Bonchev–Trinajstić information content (AvgIpc) is 2.79. The minimum absolute atomic E-state index is 0.0626. The fourth-order valence-corrected chi connectivity index (χ4v) is 4.99. The van der Waals surface area contributed by atoms with Gasteiger partial charge in [-0.25, -0.2) is 0 Å². The van der Waals surface area contributed by atoms with E-state index in [0.717, 1.165) is 55.2 Å². The van der Waals surface area contributed by atoms with Gasteiger partial charge in [-0.1, -0.05) is 56.8 Å². The Labute approximate surface area is 200 Å². The summed E-state index contributed by atoms with van der Waals surface area (Å²) in [5, 5.41) is 3.65. The molecule has 2 aromatic carbocycles. The van der Waals surface area contributed by atoms with E-state index in [-0.39, 0.29) is 23.0 Å². The number of nitrogens with one attached hydrogen (secondary N) is 1. The number of hydrogen-bond acceptors (Lipinski definition) is 4. The topological polar surface area (TPSA) is 55.4 Å². The van der Waals surface area contributed by atoms with Crippen molar-refractivity contribution in [2.24, 2.45) is 11.3 Å². The zero-order chi connectivity index (χ0) is 23.0. The lowest BCUT2D eigenvalue weighted by Gasteiger charge is -2.36. The molecule has 0 heterocycles. The molecule has 3 rings (SSSR count). The summed E-state index contributed by atoms with van der Waals surface area (Å²) in [5.74, 6) is 1.26. The van der Waals surface area contributed by atoms with Crippen molar-refractivity contribution in [3.63, 3.8) is 0 Å². The number of anilines is 1. The van der Waals surface area contributed by atoms with Crippen LogP contribution in [0.5, 0.6) is 5.75 Å². The molecule has 0 atom stereocenters. The van der Waals surface area contributed by atoms with E-state index >= 15 is 0 Å². The number of ether oxygens (including phenoxy) is 1. The predicted molar refractivity (Wildman–Crippen MR) is 132 cm³/mol. The highest BCUT2D eigenvalue weighted by atomic mass is 35.5. The van der Waals surface area contributed by atoms with Crippen LogP contribution in [0.3, 0.4) is 0 Å². The number of rotatable bonds is 9. The van der Waals surface area contributed by atoms with Gasteiger partial charge in [-0.05, 0) is 79.8 Å². The zero-order valence-electron chi connectivity index (χ0n) is 18.9. The lowest BCUT2D eigenvalue weighted by atomic mass is 9.69. The molecule has 172 valence electrons. The first-order valence-electron chi connectivity index (χ1n) is 11.4. The van der Waals surface area contributed by atoms with E-state index in [1.54, 1.807) is 24.3 Å². The molecule has 32 heavy (non-hydrogen) atoms. The van der Waals surface area contributed by atoms with Gasteiger partial charge in [-0.2, -0.15) is 0 Å². The number of hydrogen-bond donors (Lipinski definition) is 1. The van der Waals surface area contributed by atoms with Gasteiger partial charge in [0.2, 0.25) is 11.0 Å². The van der Waals surface area contributed by atoms with Crippen LogP contribution in [-0.4, -0.2) is 17.6 Å². The molecule has 0 aliphatic heterocycles. The highest BCUT2D eigenvalue weighted by Crippen LogP contribution is 2.42. The molecule has 0 radical (unpaired) electrons. The first-order valence-corrected chi connectivity index (χ1v) is 12.6. The summed E-state index contributed by atoms with van der Waals surface area (Å²) in [6, 6.07) is 14.4. The molecule has 1 fully saturated rings. The Kier molecular flexibility index (Phi) is 9.06. The van der Waals surface area contributed by atoms with Gasteiger partial charge in [-0.3, -0.25) is 9.59 Å². The molecule has 0 saturated heterocycles. The summed E-state index contributed by atoms with van der Waals surface area (Å²) >= 11 is 6.97. The maximum Gasteiger partial charge on any atom is 0.231 e. The zero-order valence-corrected chi connectivity index (χ0v) is 20.4. The maximum atomic E-state index is 13.4. The van der Waals surface area contributed by atoms with E-state index in [4.69, 9.17) is 16.3 Å². The molecule has 1 saturated carbocycles. The highest BCUT2D eigenvalue weighted by Gasteiger charge is 2.39. The third-order valence-electron chi connectivity index (χ3n) is 6.02. The maximum absolute atomic E-state index is 13.4. The molecular formula is C26H32ClNO3S. The van der Waals surface area contributed by atoms with Crippen molar-refractivity contribution in [2.45, 2.75) is 63.7 Å². The van der Waals surface area contributed by atoms with Gasteiger partial charge in [0.25, 0.3) is 0 Å². The van der Waals surface area contributed by atoms with Crippen LogP contribution in [0.15, 0.2) is 53.4 Å². The van der Waals surface area contributed by atoms with Crippen molar-refractivity contribution in [2.75, 3.05) is 11.9 Å². The van der Waals surface area contributed by atoms with Crippen molar-refractivity contribution in [3.8, 4) is 5.75 Å². The molecule has 2 aromatic rings. The number of amides is 1. The second-order valence-corrected chi connectivity index (χ2v) is 10.5. The molecule has 1 N–H and O–H groups in total. The van der Waals surface area contributed by atoms with Crippen LogP contribution in [0.4, 0.5) is 5.69 Å². The number of carbonyl (C=O) groups is 2. The van der Waals surface area contributed by atoms with E-state index in [1.807, 2.05) is 24.3 Å². The molecule has 1 amide bonds. The third-order valence-corrected chi connectivity index (χ3v) is 7.20. The molecule has 6 heteroatoms. The lowest BCUT2D eigenvalue weighted by molar-refractivity contribution is -0.128. The van der Waals surface area contributed by atoms with Gasteiger partial charge in [0.15, 0.2) is 6.61 Å². The fraction of sp³-hybridized carbons (Fsp3) is 0.462. The van der Waals surface area contributed by atoms with Gasteiger partial charge in [0.1, 0.15) is 5.75 Å². The van der Waals surface area contributed by atoms with Crippen LogP contribution in [0.1, 0.15) is 58.8 Å². The minimum Gasteiger partial charge on any atom is -0.485 e. The first-order chi connectivity index (χ1) is 15.4. The summed E-state index contributed by atoms with van der Waals surface area (Å²) in [5.41, 5.74) is 0.388.